The maximum Gasteiger partial charge on any atom is 0.271 e. The van der Waals surface area contributed by atoms with Crippen molar-refractivity contribution in [3.63, 3.8) is 0 Å². The third-order valence-electron chi connectivity index (χ3n) is 3.65. The highest BCUT2D eigenvalue weighted by atomic mass is 32.1. The number of amides is 1. The Balaban J connectivity index is 1.72. The number of thiazole rings is 1. The molecule has 7 heteroatoms. The van der Waals surface area contributed by atoms with Crippen LogP contribution in [0.15, 0.2) is 22.6 Å². The van der Waals surface area contributed by atoms with E-state index >= 15 is 0 Å². The summed E-state index contributed by atoms with van der Waals surface area (Å²) in [6, 6.07) is 0. The minimum Gasteiger partial charge on any atom is -0.393 e. The summed E-state index contributed by atoms with van der Waals surface area (Å²) in [6.07, 6.45) is 5.08. The van der Waals surface area contributed by atoms with E-state index in [1.807, 2.05) is 0 Å². The highest BCUT2D eigenvalue weighted by molar-refractivity contribution is 7.15. The van der Waals surface area contributed by atoms with Crippen LogP contribution < -0.4 is 10.9 Å². The smallest absolute Gasteiger partial charge is 0.271 e. The molecule has 0 spiro atoms. The summed E-state index contributed by atoms with van der Waals surface area (Å²) in [7, 11) is 0. The Morgan fingerprint density at radius 3 is 3.15 bits per heavy atom. The molecule has 0 saturated heterocycles. The number of carbonyl (C=O) groups excluding carboxylic acids is 1. The van der Waals surface area contributed by atoms with Crippen LogP contribution in [0.5, 0.6) is 0 Å². The molecule has 0 aromatic carbocycles. The fraction of sp³-hybridized carbons (Fsp3) is 0.462. The van der Waals surface area contributed by atoms with Gasteiger partial charge in [-0.25, -0.2) is 4.98 Å². The van der Waals surface area contributed by atoms with E-state index < -0.39 is 5.91 Å². The topological polar surface area (TPSA) is 83.7 Å². The van der Waals surface area contributed by atoms with Crippen LogP contribution in [-0.2, 0) is 0 Å². The van der Waals surface area contributed by atoms with Gasteiger partial charge in [-0.3, -0.25) is 14.0 Å². The summed E-state index contributed by atoms with van der Waals surface area (Å²) in [5, 5.41) is 14.0. The molecule has 106 valence electrons. The van der Waals surface area contributed by atoms with Gasteiger partial charge in [-0.05, 0) is 25.2 Å². The molecule has 1 fully saturated rings. The summed E-state index contributed by atoms with van der Waals surface area (Å²) in [5.74, 6) is -0.112. The largest absolute Gasteiger partial charge is 0.393 e. The fourth-order valence-electron chi connectivity index (χ4n) is 2.55. The van der Waals surface area contributed by atoms with E-state index in [2.05, 4.69) is 10.3 Å². The zero-order valence-corrected chi connectivity index (χ0v) is 11.6. The number of hydrogen-bond acceptors (Lipinski definition) is 5. The first-order chi connectivity index (χ1) is 9.65. The molecule has 2 aromatic rings. The van der Waals surface area contributed by atoms with Gasteiger partial charge < -0.3 is 10.4 Å². The fourth-order valence-corrected chi connectivity index (χ4v) is 3.22. The molecule has 1 aliphatic rings. The monoisotopic (exact) mass is 293 g/mol. The Morgan fingerprint density at radius 1 is 1.55 bits per heavy atom. The van der Waals surface area contributed by atoms with Crippen molar-refractivity contribution in [1.29, 1.82) is 0 Å². The molecular weight excluding hydrogens is 278 g/mol. The molecule has 0 bridgehead atoms. The summed E-state index contributed by atoms with van der Waals surface area (Å²) >= 11 is 1.35. The molecule has 2 aromatic heterocycles. The van der Waals surface area contributed by atoms with Crippen molar-refractivity contribution in [3.05, 3.63) is 33.7 Å². The van der Waals surface area contributed by atoms with Crippen LogP contribution in [0.4, 0.5) is 0 Å². The zero-order chi connectivity index (χ0) is 14.1. The van der Waals surface area contributed by atoms with Crippen molar-refractivity contribution in [2.75, 3.05) is 6.54 Å². The van der Waals surface area contributed by atoms with E-state index in [4.69, 9.17) is 0 Å². The molecule has 6 nitrogen and oxygen atoms in total. The van der Waals surface area contributed by atoms with Crippen LogP contribution >= 0.6 is 11.3 Å². The molecule has 1 aliphatic carbocycles. The Kier molecular flexibility index (Phi) is 3.54. The number of aliphatic hydroxyl groups is 1. The van der Waals surface area contributed by atoms with E-state index in [-0.39, 0.29) is 23.1 Å². The lowest BCUT2D eigenvalue weighted by Crippen LogP contribution is -2.33. The first kappa shape index (κ1) is 13.3. The van der Waals surface area contributed by atoms with Crippen LogP contribution in [0.1, 0.15) is 29.6 Å². The van der Waals surface area contributed by atoms with Crippen molar-refractivity contribution in [2.24, 2.45) is 5.92 Å². The highest BCUT2D eigenvalue weighted by Gasteiger charge is 2.23. The normalized spacial score (nSPS) is 22.2. The van der Waals surface area contributed by atoms with Crippen LogP contribution in [0.3, 0.4) is 0 Å². The lowest BCUT2D eigenvalue weighted by Gasteiger charge is -2.10. The minimum absolute atomic E-state index is 0.0550. The molecule has 3 rings (SSSR count). The van der Waals surface area contributed by atoms with Crippen LogP contribution in [0.2, 0.25) is 0 Å². The standard InChI is InChI=1S/C13H15N3O3S/c17-9-2-1-8(5-9)6-14-11(18)10-7-15-13-16(12(10)19)3-4-20-13/h3-4,7-9,17H,1-2,5-6H2,(H,14,18). The third-order valence-corrected chi connectivity index (χ3v) is 4.42. The van der Waals surface area contributed by atoms with Gasteiger partial charge in [0.25, 0.3) is 11.5 Å². The molecule has 2 heterocycles. The minimum atomic E-state index is -0.399. The lowest BCUT2D eigenvalue weighted by molar-refractivity contribution is 0.0943. The second-order valence-corrected chi connectivity index (χ2v) is 5.95. The summed E-state index contributed by atoms with van der Waals surface area (Å²) in [5.41, 5.74) is -0.292. The number of aromatic nitrogens is 2. The zero-order valence-electron chi connectivity index (χ0n) is 10.8. The van der Waals surface area contributed by atoms with Gasteiger partial charge in [-0.15, -0.1) is 11.3 Å². The van der Waals surface area contributed by atoms with E-state index in [9.17, 15) is 14.7 Å². The molecule has 2 atom stereocenters. The number of rotatable bonds is 3. The van der Waals surface area contributed by atoms with E-state index in [1.165, 1.54) is 21.9 Å². The number of nitrogens with zero attached hydrogens (tertiary/aromatic N) is 2. The third kappa shape index (κ3) is 2.46. The van der Waals surface area contributed by atoms with Gasteiger partial charge in [-0.2, -0.15) is 0 Å². The van der Waals surface area contributed by atoms with Crippen LogP contribution in [-0.4, -0.2) is 33.0 Å². The number of fused-ring (bicyclic) bond motifs is 1. The molecule has 0 aliphatic heterocycles. The predicted molar refractivity (Wildman–Crippen MR) is 75.0 cm³/mol. The van der Waals surface area contributed by atoms with Gasteiger partial charge in [-0.1, -0.05) is 0 Å². The average molecular weight is 293 g/mol. The Morgan fingerprint density at radius 2 is 2.40 bits per heavy atom. The SMILES string of the molecule is O=C(NCC1CCC(O)C1)c1cnc2sccn2c1=O. The second kappa shape index (κ2) is 5.34. The molecule has 0 radical (unpaired) electrons. The quantitative estimate of drug-likeness (QED) is 0.870. The second-order valence-electron chi connectivity index (χ2n) is 5.08. The maximum atomic E-state index is 12.1. The molecule has 2 N–H and O–H groups in total. The summed E-state index contributed by atoms with van der Waals surface area (Å²) in [6.45, 7) is 0.488. The van der Waals surface area contributed by atoms with Gasteiger partial charge >= 0.3 is 0 Å². The average Bonchev–Trinajstić information content (AvgIpc) is 3.05. The van der Waals surface area contributed by atoms with E-state index in [1.54, 1.807) is 11.6 Å². The number of carbonyl (C=O) groups is 1. The van der Waals surface area contributed by atoms with Crippen molar-refractivity contribution >= 4 is 22.2 Å². The Labute approximate surface area is 119 Å². The first-order valence-corrected chi connectivity index (χ1v) is 7.44. The van der Waals surface area contributed by atoms with Crippen molar-refractivity contribution < 1.29 is 9.90 Å². The van der Waals surface area contributed by atoms with Crippen molar-refractivity contribution in [2.45, 2.75) is 25.4 Å². The Bertz CT molecular complexity index is 693. The lowest BCUT2D eigenvalue weighted by atomic mass is 10.1. The van der Waals surface area contributed by atoms with Crippen LogP contribution in [0.25, 0.3) is 4.96 Å². The summed E-state index contributed by atoms with van der Waals surface area (Å²) in [4.78, 5) is 28.8. The molecule has 1 amide bonds. The predicted octanol–water partition coefficient (Wildman–Crippen LogP) is 0.647. The van der Waals surface area contributed by atoms with Gasteiger partial charge in [0.05, 0.1) is 6.10 Å². The number of nitrogens with one attached hydrogen (secondary N) is 1. The van der Waals surface area contributed by atoms with Crippen molar-refractivity contribution in [1.82, 2.24) is 14.7 Å². The Hall–Kier alpha value is -1.73. The molecule has 1 saturated carbocycles. The molecule has 2 unspecified atom stereocenters. The molecule has 20 heavy (non-hydrogen) atoms. The van der Waals surface area contributed by atoms with Gasteiger partial charge in [0, 0.05) is 24.3 Å². The summed E-state index contributed by atoms with van der Waals surface area (Å²) < 4.78 is 1.37. The highest BCUT2D eigenvalue weighted by Crippen LogP contribution is 2.24. The first-order valence-electron chi connectivity index (χ1n) is 6.56. The van der Waals surface area contributed by atoms with Crippen molar-refractivity contribution in [3.8, 4) is 0 Å². The van der Waals surface area contributed by atoms with E-state index in [0.717, 1.165) is 12.8 Å². The van der Waals surface area contributed by atoms with Gasteiger partial charge in [0.1, 0.15) is 5.56 Å². The van der Waals surface area contributed by atoms with Gasteiger partial charge in [0.2, 0.25) is 0 Å². The molecular formula is C13H15N3O3S. The van der Waals surface area contributed by atoms with Crippen LogP contribution in [0, 0.1) is 5.92 Å². The van der Waals surface area contributed by atoms with E-state index in [0.29, 0.717) is 17.9 Å². The number of aliphatic hydroxyl groups excluding tert-OH is 1. The number of hydrogen-bond donors (Lipinski definition) is 2. The maximum absolute atomic E-state index is 12.1. The van der Waals surface area contributed by atoms with Gasteiger partial charge in [0.15, 0.2) is 4.96 Å².